The van der Waals surface area contributed by atoms with E-state index in [4.69, 9.17) is 11.6 Å². The van der Waals surface area contributed by atoms with Gasteiger partial charge >= 0.3 is 5.37 Å². The van der Waals surface area contributed by atoms with Gasteiger partial charge in [0.15, 0.2) is 11.6 Å². The van der Waals surface area contributed by atoms with E-state index in [1.807, 2.05) is 0 Å². The van der Waals surface area contributed by atoms with E-state index in [1.54, 1.807) is 0 Å². The summed E-state index contributed by atoms with van der Waals surface area (Å²) in [5.74, 6) is -2.00. The van der Waals surface area contributed by atoms with Crippen molar-refractivity contribution in [2.45, 2.75) is 0 Å². The van der Waals surface area contributed by atoms with E-state index in [-0.39, 0.29) is 5.69 Å². The van der Waals surface area contributed by atoms with Gasteiger partial charge in [-0.3, -0.25) is 4.79 Å². The fraction of sp³-hybridized carbons (Fsp3) is 0. The van der Waals surface area contributed by atoms with Crippen molar-refractivity contribution in [3.8, 4) is 0 Å². The van der Waals surface area contributed by atoms with Crippen LogP contribution in [0.15, 0.2) is 18.2 Å². The minimum Gasteiger partial charge on any atom is -0.312 e. The van der Waals surface area contributed by atoms with Crippen LogP contribution in [0.3, 0.4) is 0 Å². The molecular formula is C7H4ClF2NO. The van der Waals surface area contributed by atoms with Crippen LogP contribution in [0.1, 0.15) is 0 Å². The number of anilines is 1. The van der Waals surface area contributed by atoms with Crippen molar-refractivity contribution in [2.24, 2.45) is 0 Å². The molecule has 1 N–H and O–H groups in total. The van der Waals surface area contributed by atoms with Gasteiger partial charge in [0, 0.05) is 11.8 Å². The molecule has 0 atom stereocenters. The lowest BCUT2D eigenvalue weighted by Crippen LogP contribution is -2.01. The lowest BCUT2D eigenvalue weighted by atomic mass is 10.3. The summed E-state index contributed by atoms with van der Waals surface area (Å²) in [4.78, 5) is 10.2. The van der Waals surface area contributed by atoms with Crippen LogP contribution < -0.4 is 5.32 Å². The zero-order valence-corrected chi connectivity index (χ0v) is 6.53. The van der Waals surface area contributed by atoms with Crippen molar-refractivity contribution in [2.75, 3.05) is 5.32 Å². The first-order valence-electron chi connectivity index (χ1n) is 3.01. The largest absolute Gasteiger partial charge is 0.318 e. The summed E-state index contributed by atoms with van der Waals surface area (Å²) in [5, 5.41) is 1.25. The molecule has 2 nitrogen and oxygen atoms in total. The summed E-state index contributed by atoms with van der Waals surface area (Å²) in [7, 11) is 0. The van der Waals surface area contributed by atoms with E-state index in [0.717, 1.165) is 12.1 Å². The van der Waals surface area contributed by atoms with Gasteiger partial charge < -0.3 is 5.32 Å². The molecule has 0 spiro atoms. The Labute approximate surface area is 72.1 Å². The second kappa shape index (κ2) is 3.49. The lowest BCUT2D eigenvalue weighted by molar-refractivity contribution is 0.269. The second-order valence-electron chi connectivity index (χ2n) is 2.03. The van der Waals surface area contributed by atoms with Gasteiger partial charge in [0.2, 0.25) is 0 Å². The fourth-order valence-corrected chi connectivity index (χ4v) is 0.796. The Kier molecular flexibility index (Phi) is 2.60. The Morgan fingerprint density at radius 1 is 1.33 bits per heavy atom. The number of benzene rings is 1. The maximum absolute atomic E-state index is 12.5. The number of carbonyl (C=O) groups is 1. The molecule has 0 aliphatic carbocycles. The monoisotopic (exact) mass is 191 g/mol. The highest BCUT2D eigenvalue weighted by Gasteiger charge is 2.03. The van der Waals surface area contributed by atoms with Gasteiger partial charge in [-0.15, -0.1) is 0 Å². The van der Waals surface area contributed by atoms with Gasteiger partial charge in [-0.1, -0.05) is 0 Å². The van der Waals surface area contributed by atoms with Crippen molar-refractivity contribution in [1.29, 1.82) is 0 Å². The predicted molar refractivity (Wildman–Crippen MR) is 41.2 cm³/mol. The lowest BCUT2D eigenvalue weighted by Gasteiger charge is -1.99. The highest BCUT2D eigenvalue weighted by atomic mass is 35.5. The molecule has 0 heterocycles. The van der Waals surface area contributed by atoms with E-state index in [1.165, 1.54) is 6.07 Å². The van der Waals surface area contributed by atoms with Gasteiger partial charge in [0.05, 0.1) is 0 Å². The molecule has 1 aromatic carbocycles. The van der Waals surface area contributed by atoms with Gasteiger partial charge in [0.25, 0.3) is 0 Å². The van der Waals surface area contributed by atoms with Gasteiger partial charge in [-0.05, 0) is 23.7 Å². The Morgan fingerprint density at radius 2 is 2.00 bits per heavy atom. The molecule has 0 unspecified atom stereocenters. The van der Waals surface area contributed by atoms with Crippen molar-refractivity contribution >= 4 is 22.7 Å². The molecule has 12 heavy (non-hydrogen) atoms. The molecule has 1 amide bonds. The third-order valence-corrected chi connectivity index (χ3v) is 1.26. The van der Waals surface area contributed by atoms with Crippen molar-refractivity contribution in [3.05, 3.63) is 29.8 Å². The Balaban J connectivity index is 2.89. The first-order chi connectivity index (χ1) is 5.59. The minimum absolute atomic E-state index is 0.119. The van der Waals surface area contributed by atoms with E-state index in [2.05, 4.69) is 5.32 Å². The quantitative estimate of drug-likeness (QED) is 0.537. The third kappa shape index (κ3) is 2.17. The molecule has 0 saturated carbocycles. The molecule has 0 radical (unpaired) electrons. The summed E-state index contributed by atoms with van der Waals surface area (Å²) >= 11 is 4.94. The average molecular weight is 192 g/mol. The van der Waals surface area contributed by atoms with Crippen LogP contribution >= 0.6 is 11.6 Å². The Morgan fingerprint density at radius 3 is 2.50 bits per heavy atom. The summed E-state index contributed by atoms with van der Waals surface area (Å²) in [6.45, 7) is 0. The maximum Gasteiger partial charge on any atom is 0.318 e. The van der Waals surface area contributed by atoms with Crippen LogP contribution in [0.5, 0.6) is 0 Å². The Hall–Kier alpha value is -1.16. The summed E-state index contributed by atoms with van der Waals surface area (Å²) in [6.07, 6.45) is 0. The molecule has 1 rings (SSSR count). The van der Waals surface area contributed by atoms with Crippen LogP contribution in [0.2, 0.25) is 0 Å². The highest BCUT2D eigenvalue weighted by molar-refractivity contribution is 6.65. The number of halogens is 3. The van der Waals surface area contributed by atoms with Crippen LogP contribution in [-0.4, -0.2) is 5.37 Å². The number of rotatable bonds is 1. The normalized spacial score (nSPS) is 9.58. The Bertz CT molecular complexity index is 316. The van der Waals surface area contributed by atoms with E-state index < -0.39 is 17.0 Å². The SMILES string of the molecule is O=C(Cl)Nc1ccc(F)c(F)c1. The maximum atomic E-state index is 12.5. The minimum atomic E-state index is -1.03. The summed E-state index contributed by atoms with van der Waals surface area (Å²) in [6, 6.07) is 2.95. The second-order valence-corrected chi connectivity index (χ2v) is 2.37. The van der Waals surface area contributed by atoms with Crippen molar-refractivity contribution in [1.82, 2.24) is 0 Å². The zero-order chi connectivity index (χ0) is 9.14. The topological polar surface area (TPSA) is 29.1 Å². The smallest absolute Gasteiger partial charge is 0.312 e. The number of hydrogen-bond acceptors (Lipinski definition) is 1. The zero-order valence-electron chi connectivity index (χ0n) is 5.77. The van der Waals surface area contributed by atoms with Crippen LogP contribution in [0.4, 0.5) is 19.3 Å². The highest BCUT2D eigenvalue weighted by Crippen LogP contribution is 2.13. The number of nitrogens with one attached hydrogen (secondary N) is 1. The fourth-order valence-electron chi connectivity index (χ4n) is 0.687. The number of amides is 1. The molecule has 1 aromatic rings. The molecule has 5 heteroatoms. The predicted octanol–water partition coefficient (Wildman–Crippen LogP) is 2.74. The van der Waals surface area contributed by atoms with Crippen LogP contribution in [0, 0.1) is 11.6 Å². The molecular weight excluding hydrogens is 188 g/mol. The third-order valence-electron chi connectivity index (χ3n) is 1.16. The molecule has 0 aromatic heterocycles. The molecule has 0 saturated heterocycles. The van der Waals surface area contributed by atoms with Crippen molar-refractivity contribution < 1.29 is 13.6 Å². The van der Waals surface area contributed by atoms with Crippen LogP contribution in [-0.2, 0) is 0 Å². The van der Waals surface area contributed by atoms with E-state index in [9.17, 15) is 13.6 Å². The standard InChI is InChI=1S/C7H4ClF2NO/c8-7(12)11-4-1-2-5(9)6(10)3-4/h1-3H,(H,11,12). The average Bonchev–Trinajstić information content (AvgIpc) is 1.96. The summed E-state index contributed by atoms with van der Waals surface area (Å²) < 4.78 is 24.8. The first-order valence-corrected chi connectivity index (χ1v) is 3.39. The first kappa shape index (κ1) is 8.93. The van der Waals surface area contributed by atoms with Gasteiger partial charge in [-0.25, -0.2) is 8.78 Å². The van der Waals surface area contributed by atoms with Gasteiger partial charge in [-0.2, -0.15) is 0 Å². The van der Waals surface area contributed by atoms with Crippen LogP contribution in [0.25, 0.3) is 0 Å². The summed E-state index contributed by atoms with van der Waals surface area (Å²) in [5.41, 5.74) is 0.119. The molecule has 0 aliphatic heterocycles. The van der Waals surface area contributed by atoms with E-state index in [0.29, 0.717) is 0 Å². The number of carbonyl (C=O) groups excluding carboxylic acids is 1. The molecule has 0 aliphatic rings. The number of hydrogen-bond donors (Lipinski definition) is 1. The molecule has 0 fully saturated rings. The van der Waals surface area contributed by atoms with Crippen molar-refractivity contribution in [3.63, 3.8) is 0 Å². The molecule has 0 bridgehead atoms. The van der Waals surface area contributed by atoms with Gasteiger partial charge in [0.1, 0.15) is 0 Å². The van der Waals surface area contributed by atoms with E-state index >= 15 is 0 Å². The molecule has 64 valence electrons.